The topological polar surface area (TPSA) is 15.3 Å². The highest BCUT2D eigenvalue weighted by Crippen LogP contribution is 2.25. The van der Waals surface area contributed by atoms with Crippen LogP contribution in [0.2, 0.25) is 0 Å². The van der Waals surface area contributed by atoms with Crippen LogP contribution in [0.25, 0.3) is 0 Å². The molecule has 1 aromatic carbocycles. The van der Waals surface area contributed by atoms with E-state index in [9.17, 15) is 0 Å². The molecule has 0 radical (unpaired) electrons. The summed E-state index contributed by atoms with van der Waals surface area (Å²) >= 11 is 3.50. The van der Waals surface area contributed by atoms with E-state index < -0.39 is 0 Å². The maximum atomic E-state index is 3.77. The van der Waals surface area contributed by atoms with E-state index in [4.69, 9.17) is 0 Å². The zero-order chi connectivity index (χ0) is 15.1. The fourth-order valence-corrected chi connectivity index (χ4v) is 3.66. The average Bonchev–Trinajstić information content (AvgIpc) is 2.49. The van der Waals surface area contributed by atoms with Gasteiger partial charge in [0, 0.05) is 23.6 Å². The molecule has 0 bridgehead atoms. The van der Waals surface area contributed by atoms with Crippen molar-refractivity contribution in [3.63, 3.8) is 0 Å². The molecule has 118 valence electrons. The largest absolute Gasteiger partial charge is 0.314 e. The minimum absolute atomic E-state index is 0.728. The number of rotatable bonds is 7. The predicted molar refractivity (Wildman–Crippen MR) is 94.5 cm³/mol. The Balaban J connectivity index is 1.84. The number of hydrogen-bond donors (Lipinski definition) is 1. The van der Waals surface area contributed by atoms with Crippen molar-refractivity contribution in [2.75, 3.05) is 20.1 Å². The molecule has 2 unspecified atom stereocenters. The van der Waals surface area contributed by atoms with Crippen LogP contribution in [0.1, 0.15) is 44.6 Å². The van der Waals surface area contributed by atoms with Crippen molar-refractivity contribution in [1.29, 1.82) is 0 Å². The van der Waals surface area contributed by atoms with Gasteiger partial charge in [0.05, 0.1) is 0 Å². The van der Waals surface area contributed by atoms with Gasteiger partial charge in [-0.25, -0.2) is 0 Å². The van der Waals surface area contributed by atoms with Gasteiger partial charge in [0.15, 0.2) is 0 Å². The standard InChI is InChI=1S/C18H29BrN2/c1-3-12-20-18-7-5-4-6-16(18)14-21(2)13-15-8-10-17(19)11-9-15/h8-11,16,18,20H,3-7,12-14H2,1-2H3. The molecule has 0 aliphatic heterocycles. The molecule has 1 aliphatic rings. The molecule has 2 rings (SSSR count). The van der Waals surface area contributed by atoms with Crippen LogP contribution in [-0.4, -0.2) is 31.1 Å². The summed E-state index contributed by atoms with van der Waals surface area (Å²) in [5.41, 5.74) is 1.40. The lowest BCUT2D eigenvalue weighted by Crippen LogP contribution is -2.43. The minimum Gasteiger partial charge on any atom is -0.314 e. The van der Waals surface area contributed by atoms with Crippen LogP contribution in [0.4, 0.5) is 0 Å². The number of benzene rings is 1. The van der Waals surface area contributed by atoms with E-state index in [0.717, 1.165) is 29.5 Å². The molecule has 0 heterocycles. The second-order valence-corrected chi connectivity index (χ2v) is 7.34. The van der Waals surface area contributed by atoms with Crippen molar-refractivity contribution >= 4 is 15.9 Å². The monoisotopic (exact) mass is 352 g/mol. The second kappa shape index (κ2) is 8.92. The molecule has 2 nitrogen and oxygen atoms in total. The number of nitrogens with zero attached hydrogens (tertiary/aromatic N) is 1. The molecule has 1 aliphatic carbocycles. The Hall–Kier alpha value is -0.380. The summed E-state index contributed by atoms with van der Waals surface area (Å²) in [5, 5.41) is 3.77. The third-order valence-electron chi connectivity index (χ3n) is 4.48. The lowest BCUT2D eigenvalue weighted by atomic mass is 9.84. The van der Waals surface area contributed by atoms with E-state index in [0.29, 0.717) is 0 Å². The van der Waals surface area contributed by atoms with Crippen molar-refractivity contribution < 1.29 is 0 Å². The van der Waals surface area contributed by atoms with Crippen molar-refractivity contribution in [3.8, 4) is 0 Å². The van der Waals surface area contributed by atoms with Crippen LogP contribution in [-0.2, 0) is 6.54 Å². The Morgan fingerprint density at radius 3 is 2.62 bits per heavy atom. The Bertz CT molecular complexity index is 404. The molecular formula is C18H29BrN2. The minimum atomic E-state index is 0.728. The Labute approximate surface area is 138 Å². The van der Waals surface area contributed by atoms with Gasteiger partial charge in [0.1, 0.15) is 0 Å². The lowest BCUT2D eigenvalue weighted by Gasteiger charge is -2.35. The molecule has 1 N–H and O–H groups in total. The first-order valence-corrected chi connectivity index (χ1v) is 9.14. The molecule has 0 amide bonds. The van der Waals surface area contributed by atoms with Gasteiger partial charge >= 0.3 is 0 Å². The zero-order valence-corrected chi connectivity index (χ0v) is 15.0. The number of nitrogens with one attached hydrogen (secondary N) is 1. The first-order valence-electron chi connectivity index (χ1n) is 8.35. The van der Waals surface area contributed by atoms with Gasteiger partial charge in [0.25, 0.3) is 0 Å². The molecule has 0 spiro atoms. The second-order valence-electron chi connectivity index (χ2n) is 6.43. The normalized spacial score (nSPS) is 22.7. The molecule has 1 aromatic rings. The van der Waals surface area contributed by atoms with Crippen LogP contribution < -0.4 is 5.32 Å². The van der Waals surface area contributed by atoms with Crippen LogP contribution in [0, 0.1) is 5.92 Å². The van der Waals surface area contributed by atoms with Gasteiger partial charge in [0.2, 0.25) is 0 Å². The van der Waals surface area contributed by atoms with Crippen molar-refractivity contribution in [1.82, 2.24) is 10.2 Å². The summed E-state index contributed by atoms with van der Waals surface area (Å²) in [4.78, 5) is 2.49. The first-order chi connectivity index (χ1) is 10.2. The summed E-state index contributed by atoms with van der Waals surface area (Å²) in [6.45, 7) is 5.67. The van der Waals surface area contributed by atoms with Crippen molar-refractivity contribution in [3.05, 3.63) is 34.3 Å². The van der Waals surface area contributed by atoms with E-state index >= 15 is 0 Å². The van der Waals surface area contributed by atoms with Gasteiger partial charge in [-0.3, -0.25) is 0 Å². The molecule has 0 saturated heterocycles. The first kappa shape index (κ1) is 17.0. The van der Waals surface area contributed by atoms with E-state index in [1.807, 2.05) is 0 Å². The van der Waals surface area contributed by atoms with E-state index in [2.05, 4.69) is 64.4 Å². The highest BCUT2D eigenvalue weighted by molar-refractivity contribution is 9.10. The van der Waals surface area contributed by atoms with Crippen LogP contribution in [0.15, 0.2) is 28.7 Å². The lowest BCUT2D eigenvalue weighted by molar-refractivity contribution is 0.185. The van der Waals surface area contributed by atoms with Gasteiger partial charge in [-0.15, -0.1) is 0 Å². The van der Waals surface area contributed by atoms with Gasteiger partial charge in [-0.05, 0) is 56.5 Å². The molecule has 1 saturated carbocycles. The maximum Gasteiger partial charge on any atom is 0.0230 e. The Morgan fingerprint density at radius 1 is 1.19 bits per heavy atom. The van der Waals surface area contributed by atoms with E-state index in [1.54, 1.807) is 0 Å². The number of hydrogen-bond acceptors (Lipinski definition) is 2. The average molecular weight is 353 g/mol. The summed E-state index contributed by atoms with van der Waals surface area (Å²) in [6, 6.07) is 9.43. The molecule has 1 fully saturated rings. The maximum absolute atomic E-state index is 3.77. The predicted octanol–water partition coefficient (Wildman–Crippen LogP) is 4.44. The summed E-state index contributed by atoms with van der Waals surface area (Å²) in [5.74, 6) is 0.811. The Morgan fingerprint density at radius 2 is 1.90 bits per heavy atom. The fourth-order valence-electron chi connectivity index (χ4n) is 3.39. The summed E-state index contributed by atoms with van der Waals surface area (Å²) in [7, 11) is 2.26. The van der Waals surface area contributed by atoms with Crippen LogP contribution in [0.5, 0.6) is 0 Å². The molecule has 21 heavy (non-hydrogen) atoms. The molecule has 3 heteroatoms. The van der Waals surface area contributed by atoms with Gasteiger partial charge < -0.3 is 10.2 Å². The smallest absolute Gasteiger partial charge is 0.0230 e. The van der Waals surface area contributed by atoms with Gasteiger partial charge in [-0.2, -0.15) is 0 Å². The number of halogens is 1. The summed E-state index contributed by atoms with van der Waals surface area (Å²) in [6.07, 6.45) is 6.77. The van der Waals surface area contributed by atoms with Crippen molar-refractivity contribution in [2.24, 2.45) is 5.92 Å². The quantitative estimate of drug-likeness (QED) is 0.780. The van der Waals surface area contributed by atoms with E-state index in [1.165, 1.54) is 44.2 Å². The third-order valence-corrected chi connectivity index (χ3v) is 5.01. The van der Waals surface area contributed by atoms with Crippen LogP contribution in [0.3, 0.4) is 0 Å². The molecule has 0 aromatic heterocycles. The van der Waals surface area contributed by atoms with Crippen molar-refractivity contribution in [2.45, 2.75) is 51.6 Å². The third kappa shape index (κ3) is 5.72. The SMILES string of the molecule is CCCNC1CCCCC1CN(C)Cc1ccc(Br)cc1. The highest BCUT2D eigenvalue weighted by atomic mass is 79.9. The fraction of sp³-hybridized carbons (Fsp3) is 0.667. The summed E-state index contributed by atoms with van der Waals surface area (Å²) < 4.78 is 1.16. The molecule has 2 atom stereocenters. The molecular weight excluding hydrogens is 324 g/mol. The van der Waals surface area contributed by atoms with E-state index in [-0.39, 0.29) is 0 Å². The van der Waals surface area contributed by atoms with Crippen LogP contribution >= 0.6 is 15.9 Å². The zero-order valence-electron chi connectivity index (χ0n) is 13.4. The Kier molecular flexibility index (Phi) is 7.21. The van der Waals surface area contributed by atoms with Gasteiger partial charge in [-0.1, -0.05) is 47.8 Å². The highest BCUT2D eigenvalue weighted by Gasteiger charge is 2.25.